The summed E-state index contributed by atoms with van der Waals surface area (Å²) in [6.07, 6.45) is 1.72. The zero-order chi connectivity index (χ0) is 13.8. The van der Waals surface area contributed by atoms with E-state index in [1.807, 2.05) is 0 Å². The summed E-state index contributed by atoms with van der Waals surface area (Å²) in [6.45, 7) is 1.90. The molecule has 1 saturated heterocycles. The van der Waals surface area contributed by atoms with Crippen LogP contribution >= 0.6 is 0 Å². The van der Waals surface area contributed by atoms with Crippen LogP contribution in [-0.4, -0.2) is 44.2 Å². The molecule has 0 saturated carbocycles. The highest BCUT2D eigenvalue weighted by Crippen LogP contribution is 2.26. The van der Waals surface area contributed by atoms with Gasteiger partial charge in [-0.25, -0.2) is 4.79 Å². The number of likely N-dealkylation sites (tertiary alicyclic amines) is 1. The topological polar surface area (TPSA) is 64.8 Å². The quantitative estimate of drug-likeness (QED) is 0.662. The molecule has 5 nitrogen and oxygen atoms in total. The summed E-state index contributed by atoms with van der Waals surface area (Å²) in [5.74, 6) is 0.129. The molecule has 0 bridgehead atoms. The van der Waals surface area contributed by atoms with E-state index in [2.05, 4.69) is 11.9 Å². The Hall–Kier alpha value is -1.75. The van der Waals surface area contributed by atoms with Crippen molar-refractivity contribution in [2.75, 3.05) is 33.0 Å². The molecular weight excluding hydrogens is 244 g/mol. The average molecular weight is 264 g/mol. The van der Waals surface area contributed by atoms with Gasteiger partial charge in [0.2, 0.25) is 0 Å². The predicted octanol–water partition coefficient (Wildman–Crippen LogP) is 1.53. The molecule has 104 valence electrons. The molecule has 0 spiro atoms. The molecule has 0 amide bonds. The number of hydrogen-bond acceptors (Lipinski definition) is 5. The number of piperidine rings is 1. The number of para-hydroxylation sites is 1. The lowest BCUT2D eigenvalue weighted by Gasteiger charge is -2.28. The Kier molecular flexibility index (Phi) is 4.27. The van der Waals surface area contributed by atoms with Crippen molar-refractivity contribution in [3.63, 3.8) is 0 Å². The van der Waals surface area contributed by atoms with Crippen molar-refractivity contribution in [1.29, 1.82) is 0 Å². The highest BCUT2D eigenvalue weighted by molar-refractivity contribution is 5.96. The second-order valence-electron chi connectivity index (χ2n) is 4.83. The van der Waals surface area contributed by atoms with Crippen molar-refractivity contribution in [3.05, 3.63) is 23.8 Å². The number of benzene rings is 1. The van der Waals surface area contributed by atoms with Gasteiger partial charge in [-0.15, -0.1) is 0 Å². The van der Waals surface area contributed by atoms with Gasteiger partial charge in [-0.2, -0.15) is 0 Å². The number of ether oxygens (including phenoxy) is 2. The van der Waals surface area contributed by atoms with Gasteiger partial charge in [-0.05, 0) is 32.0 Å². The highest BCUT2D eigenvalue weighted by Gasteiger charge is 2.22. The molecule has 1 aromatic rings. The molecule has 0 aromatic heterocycles. The first kappa shape index (κ1) is 13.7. The Morgan fingerprint density at radius 2 is 2.05 bits per heavy atom. The molecule has 1 heterocycles. The highest BCUT2D eigenvalue weighted by atomic mass is 16.5. The molecule has 19 heavy (non-hydrogen) atoms. The average Bonchev–Trinajstić information content (AvgIpc) is 2.41. The monoisotopic (exact) mass is 264 g/mol. The zero-order valence-corrected chi connectivity index (χ0v) is 11.4. The van der Waals surface area contributed by atoms with E-state index in [9.17, 15) is 4.79 Å². The molecule has 2 N–H and O–H groups in total. The van der Waals surface area contributed by atoms with E-state index >= 15 is 0 Å². The van der Waals surface area contributed by atoms with Crippen LogP contribution in [0.4, 0.5) is 5.69 Å². The first-order chi connectivity index (χ1) is 9.11. The van der Waals surface area contributed by atoms with Gasteiger partial charge in [0, 0.05) is 13.1 Å². The predicted molar refractivity (Wildman–Crippen MR) is 73.3 cm³/mol. The fourth-order valence-corrected chi connectivity index (χ4v) is 2.22. The lowest BCUT2D eigenvalue weighted by atomic mass is 10.1. The number of nitrogens with zero attached hydrogens (tertiary/aromatic N) is 1. The third kappa shape index (κ3) is 3.17. The number of nitrogen functional groups attached to an aromatic ring is 1. The van der Waals surface area contributed by atoms with Crippen LogP contribution < -0.4 is 10.5 Å². The van der Waals surface area contributed by atoms with Crippen molar-refractivity contribution >= 4 is 11.7 Å². The summed E-state index contributed by atoms with van der Waals surface area (Å²) >= 11 is 0. The van der Waals surface area contributed by atoms with Crippen LogP contribution in [0.3, 0.4) is 0 Å². The molecular formula is C14H20N2O3. The number of anilines is 1. The molecule has 0 atom stereocenters. The summed E-state index contributed by atoms with van der Waals surface area (Å²) in [4.78, 5) is 14.3. The van der Waals surface area contributed by atoms with Crippen LogP contribution in [0, 0.1) is 0 Å². The fourth-order valence-electron chi connectivity index (χ4n) is 2.22. The van der Waals surface area contributed by atoms with E-state index in [1.165, 1.54) is 7.11 Å². The number of hydrogen-bond donors (Lipinski definition) is 1. The van der Waals surface area contributed by atoms with Crippen molar-refractivity contribution in [2.24, 2.45) is 0 Å². The van der Waals surface area contributed by atoms with Gasteiger partial charge < -0.3 is 20.1 Å². The molecule has 0 radical (unpaired) electrons. The largest absolute Gasteiger partial charge is 0.495 e. The fraction of sp³-hybridized carbons (Fsp3) is 0.500. The molecule has 1 fully saturated rings. The van der Waals surface area contributed by atoms with Crippen molar-refractivity contribution < 1.29 is 14.3 Å². The van der Waals surface area contributed by atoms with Gasteiger partial charge in [-0.1, -0.05) is 6.07 Å². The van der Waals surface area contributed by atoms with E-state index in [0.717, 1.165) is 25.9 Å². The van der Waals surface area contributed by atoms with Crippen LogP contribution in [-0.2, 0) is 4.74 Å². The van der Waals surface area contributed by atoms with Gasteiger partial charge in [0.25, 0.3) is 0 Å². The maximum atomic E-state index is 12.1. The SMILES string of the molecule is COc1cccc(C(=O)OC2CCN(C)CC2)c1N. The number of carbonyl (C=O) groups excluding carboxylic acids is 1. The van der Waals surface area contributed by atoms with Crippen LogP contribution in [0.5, 0.6) is 5.75 Å². The summed E-state index contributed by atoms with van der Waals surface area (Å²) in [6, 6.07) is 5.12. The molecule has 1 aromatic carbocycles. The normalized spacial score (nSPS) is 17.2. The van der Waals surface area contributed by atoms with Gasteiger partial charge in [-0.3, -0.25) is 0 Å². The lowest BCUT2D eigenvalue weighted by molar-refractivity contribution is 0.0140. The summed E-state index contributed by atoms with van der Waals surface area (Å²) < 4.78 is 10.6. The summed E-state index contributed by atoms with van der Waals surface area (Å²) in [5.41, 5.74) is 6.60. The second kappa shape index (κ2) is 5.93. The van der Waals surface area contributed by atoms with Gasteiger partial charge in [0.15, 0.2) is 0 Å². The minimum Gasteiger partial charge on any atom is -0.495 e. The Morgan fingerprint density at radius 1 is 1.37 bits per heavy atom. The number of carbonyl (C=O) groups is 1. The Balaban J connectivity index is 2.04. The maximum absolute atomic E-state index is 12.1. The number of nitrogens with two attached hydrogens (primary N) is 1. The zero-order valence-electron chi connectivity index (χ0n) is 11.4. The first-order valence-electron chi connectivity index (χ1n) is 6.44. The number of methoxy groups -OCH3 is 1. The van der Waals surface area contributed by atoms with Crippen LogP contribution in [0.15, 0.2) is 18.2 Å². The molecule has 1 aliphatic heterocycles. The van der Waals surface area contributed by atoms with Crippen LogP contribution in [0.25, 0.3) is 0 Å². The molecule has 5 heteroatoms. The van der Waals surface area contributed by atoms with Crippen molar-refractivity contribution in [3.8, 4) is 5.75 Å². The minimum atomic E-state index is -0.369. The van der Waals surface area contributed by atoms with Crippen molar-refractivity contribution in [2.45, 2.75) is 18.9 Å². The van der Waals surface area contributed by atoms with E-state index in [0.29, 0.717) is 17.0 Å². The van der Waals surface area contributed by atoms with E-state index in [4.69, 9.17) is 15.2 Å². The number of esters is 1. The molecule has 1 aliphatic rings. The Labute approximate surface area is 113 Å². The third-order valence-corrected chi connectivity index (χ3v) is 3.45. The van der Waals surface area contributed by atoms with Gasteiger partial charge in [0.1, 0.15) is 11.9 Å². The first-order valence-corrected chi connectivity index (χ1v) is 6.44. The van der Waals surface area contributed by atoms with E-state index in [1.54, 1.807) is 18.2 Å². The van der Waals surface area contributed by atoms with Crippen LogP contribution in [0.1, 0.15) is 23.2 Å². The van der Waals surface area contributed by atoms with E-state index in [-0.39, 0.29) is 12.1 Å². The van der Waals surface area contributed by atoms with Gasteiger partial charge >= 0.3 is 5.97 Å². The second-order valence-corrected chi connectivity index (χ2v) is 4.83. The Morgan fingerprint density at radius 3 is 2.68 bits per heavy atom. The summed E-state index contributed by atoms with van der Waals surface area (Å²) in [5, 5.41) is 0. The van der Waals surface area contributed by atoms with Crippen LogP contribution in [0.2, 0.25) is 0 Å². The maximum Gasteiger partial charge on any atom is 0.340 e. The molecule has 2 rings (SSSR count). The molecule has 0 aliphatic carbocycles. The number of rotatable bonds is 3. The van der Waals surface area contributed by atoms with E-state index < -0.39 is 0 Å². The van der Waals surface area contributed by atoms with Gasteiger partial charge in [0.05, 0.1) is 18.4 Å². The smallest absolute Gasteiger partial charge is 0.340 e. The standard InChI is InChI=1S/C14H20N2O3/c1-16-8-6-10(7-9-16)19-14(17)11-4-3-5-12(18-2)13(11)15/h3-5,10H,6-9,15H2,1-2H3. The minimum absolute atomic E-state index is 0.0192. The van der Waals surface area contributed by atoms with Crippen molar-refractivity contribution in [1.82, 2.24) is 4.90 Å². The third-order valence-electron chi connectivity index (χ3n) is 3.45. The molecule has 0 unspecified atom stereocenters. The Bertz CT molecular complexity index is 454. The summed E-state index contributed by atoms with van der Waals surface area (Å²) in [7, 11) is 3.59. The lowest BCUT2D eigenvalue weighted by Crippen LogP contribution is -2.35.